The van der Waals surface area contributed by atoms with Crippen molar-refractivity contribution in [2.75, 3.05) is 0 Å². The molecule has 8 nitrogen and oxygen atoms in total. The first-order chi connectivity index (χ1) is 15.9. The summed E-state index contributed by atoms with van der Waals surface area (Å²) >= 11 is 7.38. The minimum Gasteiger partial charge on any atom is -0.291 e. The maximum absolute atomic E-state index is 13.9. The topological polar surface area (TPSA) is 98.5 Å². The van der Waals surface area contributed by atoms with Crippen molar-refractivity contribution in [2.45, 2.75) is 13.0 Å². The van der Waals surface area contributed by atoms with E-state index in [-0.39, 0.29) is 23.4 Å². The number of halogens is 2. The molecule has 164 valence electrons. The van der Waals surface area contributed by atoms with Crippen molar-refractivity contribution in [3.63, 3.8) is 0 Å². The van der Waals surface area contributed by atoms with Gasteiger partial charge in [0.1, 0.15) is 10.5 Å². The monoisotopic (exact) mass is 480 g/mol. The first-order valence-electron chi connectivity index (χ1n) is 9.78. The highest BCUT2D eigenvalue weighted by molar-refractivity contribution is 7.22. The number of pyridine rings is 1. The third kappa shape index (κ3) is 3.33. The Morgan fingerprint density at radius 1 is 1.21 bits per heavy atom. The second-order valence-corrected chi connectivity index (χ2v) is 8.76. The normalized spacial score (nSPS) is 11.3. The molecule has 0 aliphatic heterocycles. The number of hydrogen-bond acceptors (Lipinski definition) is 6. The molecule has 0 atom stereocenters. The zero-order valence-corrected chi connectivity index (χ0v) is 18.7. The second-order valence-electron chi connectivity index (χ2n) is 7.30. The van der Waals surface area contributed by atoms with Crippen molar-refractivity contribution in [1.82, 2.24) is 23.9 Å². The van der Waals surface area contributed by atoms with Gasteiger partial charge in [-0.2, -0.15) is 10.4 Å². The predicted molar refractivity (Wildman–Crippen MR) is 124 cm³/mol. The number of benzene rings is 1. The minimum atomic E-state index is -0.604. The third-order valence-corrected chi connectivity index (χ3v) is 6.80. The number of hydrogen-bond donors (Lipinski definition) is 0. The van der Waals surface area contributed by atoms with Gasteiger partial charge in [0.05, 0.1) is 41.6 Å². The van der Waals surface area contributed by atoms with Crippen LogP contribution in [0.4, 0.5) is 4.39 Å². The van der Waals surface area contributed by atoms with E-state index in [1.807, 2.05) is 6.07 Å². The fourth-order valence-electron chi connectivity index (χ4n) is 3.83. The molecule has 5 rings (SSSR count). The zero-order valence-electron chi connectivity index (χ0n) is 17.1. The summed E-state index contributed by atoms with van der Waals surface area (Å²) in [4.78, 5) is 31.8. The maximum atomic E-state index is 13.9. The van der Waals surface area contributed by atoms with Crippen LogP contribution in [0, 0.1) is 17.1 Å². The number of thiophene rings is 1. The summed E-state index contributed by atoms with van der Waals surface area (Å²) in [6.07, 6.45) is 4.69. The van der Waals surface area contributed by atoms with Crippen LogP contribution in [0.1, 0.15) is 6.42 Å². The summed E-state index contributed by atoms with van der Waals surface area (Å²) in [6, 6.07) is 7.63. The molecule has 4 aromatic heterocycles. The van der Waals surface area contributed by atoms with Crippen LogP contribution in [-0.2, 0) is 13.6 Å². The first kappa shape index (κ1) is 21.1. The number of rotatable bonds is 4. The summed E-state index contributed by atoms with van der Waals surface area (Å²) < 4.78 is 18.2. The van der Waals surface area contributed by atoms with Gasteiger partial charge in [0.25, 0.3) is 5.56 Å². The quantitative estimate of drug-likeness (QED) is 0.389. The maximum Gasteiger partial charge on any atom is 0.336 e. The van der Waals surface area contributed by atoms with Gasteiger partial charge in [-0.15, -0.1) is 11.3 Å². The smallest absolute Gasteiger partial charge is 0.291 e. The van der Waals surface area contributed by atoms with Crippen LogP contribution in [0.25, 0.3) is 37.2 Å². The Balaban J connectivity index is 1.88. The summed E-state index contributed by atoms with van der Waals surface area (Å²) in [5.41, 5.74) is 0.491. The molecule has 0 saturated carbocycles. The molecule has 0 aliphatic rings. The second kappa shape index (κ2) is 7.95. The molecular weight excluding hydrogens is 467 g/mol. The van der Waals surface area contributed by atoms with E-state index in [2.05, 4.69) is 10.1 Å². The molecule has 5 aromatic rings. The van der Waals surface area contributed by atoms with Crippen molar-refractivity contribution in [3.8, 4) is 22.2 Å². The van der Waals surface area contributed by atoms with Crippen LogP contribution in [0.2, 0.25) is 5.02 Å². The minimum absolute atomic E-state index is 0.0628. The highest BCUT2D eigenvalue weighted by Gasteiger charge is 2.21. The number of aryl methyl sites for hydroxylation is 2. The number of nitriles is 1. The molecule has 0 bridgehead atoms. The van der Waals surface area contributed by atoms with Gasteiger partial charge >= 0.3 is 5.69 Å². The van der Waals surface area contributed by atoms with Crippen LogP contribution < -0.4 is 11.2 Å². The molecule has 4 heterocycles. The Labute approximate surface area is 194 Å². The molecule has 0 aliphatic carbocycles. The molecule has 0 radical (unpaired) electrons. The molecule has 0 saturated heterocycles. The summed E-state index contributed by atoms with van der Waals surface area (Å²) in [5.74, 6) is -0.472. The molecular formula is C22H14ClFN6O2S. The van der Waals surface area contributed by atoms with Gasteiger partial charge in [0, 0.05) is 40.6 Å². The number of fused-ring (bicyclic) bond motifs is 2. The Hall–Kier alpha value is -3.81. The van der Waals surface area contributed by atoms with E-state index in [0.717, 1.165) is 15.9 Å². The van der Waals surface area contributed by atoms with Crippen molar-refractivity contribution in [3.05, 3.63) is 74.5 Å². The highest BCUT2D eigenvalue weighted by Crippen LogP contribution is 2.36. The van der Waals surface area contributed by atoms with E-state index in [0.29, 0.717) is 31.9 Å². The van der Waals surface area contributed by atoms with Crippen LogP contribution >= 0.6 is 22.9 Å². The average molecular weight is 481 g/mol. The fraction of sp³-hybridized carbons (Fsp3) is 0.136. The van der Waals surface area contributed by atoms with Crippen LogP contribution in [0.5, 0.6) is 0 Å². The first-order valence-corrected chi connectivity index (χ1v) is 11.0. The van der Waals surface area contributed by atoms with Crippen molar-refractivity contribution < 1.29 is 4.39 Å². The van der Waals surface area contributed by atoms with E-state index in [9.17, 15) is 14.0 Å². The lowest BCUT2D eigenvalue weighted by Gasteiger charge is -2.12. The Bertz CT molecular complexity index is 1730. The lowest BCUT2D eigenvalue weighted by Crippen LogP contribution is -2.38. The molecule has 11 heteroatoms. The van der Waals surface area contributed by atoms with E-state index >= 15 is 0 Å². The molecule has 0 fully saturated rings. The summed E-state index contributed by atoms with van der Waals surface area (Å²) in [7, 11) is 1.71. The van der Waals surface area contributed by atoms with Gasteiger partial charge in [-0.05, 0) is 24.3 Å². The van der Waals surface area contributed by atoms with Gasteiger partial charge in [0.2, 0.25) is 0 Å². The lowest BCUT2D eigenvalue weighted by molar-refractivity contribution is 0.628. The average Bonchev–Trinajstić information content (AvgIpc) is 3.40. The van der Waals surface area contributed by atoms with Gasteiger partial charge in [-0.3, -0.25) is 19.0 Å². The van der Waals surface area contributed by atoms with Crippen molar-refractivity contribution in [1.29, 1.82) is 5.26 Å². The standard InChI is InChI=1S/C22H14ClFN6O2S/c1-28-19-12(10-27-28)9-26-11-17(19)30-21(31)20-16(29(22(30)32)6-2-5-25)8-18(33-20)14-7-13(24)3-4-15(14)23/h3-4,7-11H,2,6H2,1H3. The van der Waals surface area contributed by atoms with E-state index in [1.165, 1.54) is 29.0 Å². The van der Waals surface area contributed by atoms with Gasteiger partial charge in [-0.25, -0.2) is 13.8 Å². The van der Waals surface area contributed by atoms with Gasteiger partial charge in [0.15, 0.2) is 0 Å². The van der Waals surface area contributed by atoms with E-state index in [1.54, 1.807) is 30.2 Å². The van der Waals surface area contributed by atoms with Crippen LogP contribution in [0.15, 0.2) is 52.4 Å². The SMILES string of the molecule is Cn1ncc2cncc(-n3c(=O)c4sc(-c5cc(F)ccc5Cl)cc4n(CCC#N)c3=O)c21. The molecule has 0 spiro atoms. The Morgan fingerprint density at radius 3 is 2.82 bits per heavy atom. The Kier molecular flexibility index (Phi) is 5.08. The number of aromatic nitrogens is 5. The molecule has 0 amide bonds. The summed E-state index contributed by atoms with van der Waals surface area (Å²) in [5, 5.41) is 14.3. The summed E-state index contributed by atoms with van der Waals surface area (Å²) in [6.45, 7) is 0.0773. The van der Waals surface area contributed by atoms with Crippen molar-refractivity contribution >= 4 is 44.1 Å². The predicted octanol–water partition coefficient (Wildman–Crippen LogP) is 3.87. The van der Waals surface area contributed by atoms with E-state index < -0.39 is 17.1 Å². The fourth-order valence-corrected chi connectivity index (χ4v) is 5.23. The zero-order chi connectivity index (χ0) is 23.3. The largest absolute Gasteiger partial charge is 0.336 e. The molecule has 1 aromatic carbocycles. The lowest BCUT2D eigenvalue weighted by atomic mass is 10.2. The molecule has 0 N–H and O–H groups in total. The third-order valence-electron chi connectivity index (χ3n) is 5.32. The highest BCUT2D eigenvalue weighted by atomic mass is 35.5. The van der Waals surface area contributed by atoms with Gasteiger partial charge < -0.3 is 0 Å². The number of nitrogens with zero attached hydrogens (tertiary/aromatic N) is 6. The van der Waals surface area contributed by atoms with E-state index in [4.69, 9.17) is 16.9 Å². The van der Waals surface area contributed by atoms with Crippen LogP contribution in [0.3, 0.4) is 0 Å². The van der Waals surface area contributed by atoms with Crippen molar-refractivity contribution in [2.24, 2.45) is 7.05 Å². The van der Waals surface area contributed by atoms with Crippen LogP contribution in [-0.4, -0.2) is 23.9 Å². The van der Waals surface area contributed by atoms with Gasteiger partial charge in [-0.1, -0.05) is 11.6 Å². The Morgan fingerprint density at radius 2 is 2.03 bits per heavy atom. The molecule has 33 heavy (non-hydrogen) atoms. The molecule has 0 unspecified atom stereocenters.